The normalized spacial score (nSPS) is 11.1. The lowest BCUT2D eigenvalue weighted by molar-refractivity contribution is 0.0698. The van der Waals surface area contributed by atoms with Crippen molar-refractivity contribution in [1.82, 2.24) is 4.57 Å². The zero-order chi connectivity index (χ0) is 14.0. The van der Waals surface area contributed by atoms with E-state index in [9.17, 15) is 9.90 Å². The SMILES string of the molecule is CCc1cc(C(=O)O)c2c(c1)c(CCN)cn2CC. The van der Waals surface area contributed by atoms with Gasteiger partial charge in [0.15, 0.2) is 0 Å². The van der Waals surface area contributed by atoms with Crippen LogP contribution in [0.4, 0.5) is 0 Å². The number of fused-ring (bicyclic) bond motifs is 1. The second-order valence-electron chi connectivity index (χ2n) is 4.68. The summed E-state index contributed by atoms with van der Waals surface area (Å²) in [6.07, 6.45) is 3.63. The molecular weight excluding hydrogens is 240 g/mol. The van der Waals surface area contributed by atoms with Gasteiger partial charge in [-0.25, -0.2) is 4.79 Å². The molecule has 4 nitrogen and oxygen atoms in total. The van der Waals surface area contributed by atoms with Crippen LogP contribution in [0.1, 0.15) is 35.3 Å². The number of hydrogen-bond acceptors (Lipinski definition) is 2. The summed E-state index contributed by atoms with van der Waals surface area (Å²) in [4.78, 5) is 11.5. The highest BCUT2D eigenvalue weighted by Gasteiger charge is 2.16. The first-order valence-electron chi connectivity index (χ1n) is 6.70. The molecule has 0 atom stereocenters. The largest absolute Gasteiger partial charge is 0.478 e. The molecule has 0 saturated heterocycles. The smallest absolute Gasteiger partial charge is 0.337 e. The van der Waals surface area contributed by atoms with E-state index in [0.29, 0.717) is 12.1 Å². The molecule has 19 heavy (non-hydrogen) atoms. The third kappa shape index (κ3) is 2.36. The van der Waals surface area contributed by atoms with Crippen molar-refractivity contribution in [2.75, 3.05) is 6.54 Å². The Kier molecular flexibility index (Phi) is 3.90. The number of carboxylic acid groups (broad SMARTS) is 1. The van der Waals surface area contributed by atoms with Crippen LogP contribution < -0.4 is 5.73 Å². The molecule has 4 heteroatoms. The van der Waals surface area contributed by atoms with Gasteiger partial charge in [0.05, 0.1) is 11.1 Å². The number of hydrogen-bond donors (Lipinski definition) is 2. The van der Waals surface area contributed by atoms with Crippen LogP contribution in [0.2, 0.25) is 0 Å². The number of aromatic carboxylic acids is 1. The maximum absolute atomic E-state index is 11.5. The number of benzene rings is 1. The van der Waals surface area contributed by atoms with Gasteiger partial charge in [0.2, 0.25) is 0 Å². The minimum atomic E-state index is -0.868. The summed E-state index contributed by atoms with van der Waals surface area (Å²) >= 11 is 0. The molecule has 0 aliphatic rings. The zero-order valence-corrected chi connectivity index (χ0v) is 11.4. The molecule has 0 aliphatic carbocycles. The van der Waals surface area contributed by atoms with Crippen molar-refractivity contribution < 1.29 is 9.90 Å². The van der Waals surface area contributed by atoms with Crippen molar-refractivity contribution >= 4 is 16.9 Å². The first-order chi connectivity index (χ1) is 9.12. The highest BCUT2D eigenvalue weighted by molar-refractivity contribution is 6.03. The first-order valence-corrected chi connectivity index (χ1v) is 6.70. The molecular formula is C15H20N2O2. The van der Waals surface area contributed by atoms with Crippen LogP contribution in [-0.2, 0) is 19.4 Å². The summed E-state index contributed by atoms with van der Waals surface area (Å²) in [7, 11) is 0. The van der Waals surface area contributed by atoms with E-state index < -0.39 is 5.97 Å². The summed E-state index contributed by atoms with van der Waals surface area (Å²) in [5, 5.41) is 10.5. The predicted octanol–water partition coefficient (Wildman–Crippen LogP) is 2.42. The van der Waals surface area contributed by atoms with Gasteiger partial charge in [0.1, 0.15) is 0 Å². The van der Waals surface area contributed by atoms with Crippen LogP contribution >= 0.6 is 0 Å². The molecule has 0 saturated carbocycles. The second kappa shape index (κ2) is 5.45. The number of carboxylic acids is 1. The Morgan fingerprint density at radius 1 is 1.37 bits per heavy atom. The Balaban J connectivity index is 2.81. The van der Waals surface area contributed by atoms with Crippen LogP contribution in [0.25, 0.3) is 10.9 Å². The molecule has 0 fully saturated rings. The lowest BCUT2D eigenvalue weighted by atomic mass is 10.0. The average molecular weight is 260 g/mol. The second-order valence-corrected chi connectivity index (χ2v) is 4.68. The highest BCUT2D eigenvalue weighted by Crippen LogP contribution is 2.27. The quantitative estimate of drug-likeness (QED) is 0.867. The van der Waals surface area contributed by atoms with Gasteiger partial charge in [0, 0.05) is 18.1 Å². The molecule has 1 aromatic carbocycles. The summed E-state index contributed by atoms with van der Waals surface area (Å²) in [5.41, 5.74) is 9.04. The molecule has 0 radical (unpaired) electrons. The maximum atomic E-state index is 11.5. The topological polar surface area (TPSA) is 68.2 Å². The molecule has 0 amide bonds. The Labute approximate surface area is 112 Å². The molecule has 2 aromatic rings. The standard InChI is InChI=1S/C15H20N2O2/c1-3-10-7-12-11(5-6-16)9-17(4-2)14(12)13(8-10)15(18)19/h7-9H,3-6,16H2,1-2H3,(H,18,19). The Bertz CT molecular complexity index is 614. The van der Waals surface area contributed by atoms with Crippen molar-refractivity contribution in [2.45, 2.75) is 33.2 Å². The Hall–Kier alpha value is -1.81. The molecule has 1 heterocycles. The summed E-state index contributed by atoms with van der Waals surface area (Å²) in [5.74, 6) is -0.868. The van der Waals surface area contributed by atoms with Gasteiger partial charge in [-0.1, -0.05) is 6.92 Å². The van der Waals surface area contributed by atoms with Gasteiger partial charge >= 0.3 is 5.97 Å². The fourth-order valence-electron chi connectivity index (χ4n) is 2.54. The van der Waals surface area contributed by atoms with E-state index in [0.717, 1.165) is 41.4 Å². The molecule has 1 aromatic heterocycles. The molecule has 0 aliphatic heterocycles. The minimum absolute atomic E-state index is 0.388. The van der Waals surface area contributed by atoms with Gasteiger partial charge in [-0.05, 0) is 49.6 Å². The minimum Gasteiger partial charge on any atom is -0.478 e. The van der Waals surface area contributed by atoms with Gasteiger partial charge in [-0.3, -0.25) is 0 Å². The fourth-order valence-corrected chi connectivity index (χ4v) is 2.54. The van der Waals surface area contributed by atoms with E-state index in [4.69, 9.17) is 5.73 Å². The van der Waals surface area contributed by atoms with Gasteiger partial charge in [0.25, 0.3) is 0 Å². The number of aryl methyl sites for hydroxylation is 2. The number of aromatic nitrogens is 1. The third-order valence-corrected chi connectivity index (χ3v) is 3.51. The summed E-state index contributed by atoms with van der Waals surface area (Å²) in [6, 6.07) is 3.88. The molecule has 2 rings (SSSR count). The van der Waals surface area contributed by atoms with E-state index in [2.05, 4.69) is 6.07 Å². The van der Waals surface area contributed by atoms with Crippen molar-refractivity contribution in [3.8, 4) is 0 Å². The van der Waals surface area contributed by atoms with Crippen molar-refractivity contribution in [3.63, 3.8) is 0 Å². The van der Waals surface area contributed by atoms with Gasteiger partial charge < -0.3 is 15.4 Å². The van der Waals surface area contributed by atoms with Crippen LogP contribution in [0.3, 0.4) is 0 Å². The van der Waals surface area contributed by atoms with Crippen molar-refractivity contribution in [3.05, 3.63) is 35.0 Å². The van der Waals surface area contributed by atoms with E-state index >= 15 is 0 Å². The molecule has 102 valence electrons. The molecule has 0 spiro atoms. The maximum Gasteiger partial charge on any atom is 0.337 e. The van der Waals surface area contributed by atoms with Crippen LogP contribution in [-0.4, -0.2) is 22.2 Å². The van der Waals surface area contributed by atoms with Crippen molar-refractivity contribution in [2.24, 2.45) is 5.73 Å². The van der Waals surface area contributed by atoms with Crippen LogP contribution in [0.5, 0.6) is 0 Å². The van der Waals surface area contributed by atoms with Crippen LogP contribution in [0.15, 0.2) is 18.3 Å². The highest BCUT2D eigenvalue weighted by atomic mass is 16.4. The van der Waals surface area contributed by atoms with E-state index in [-0.39, 0.29) is 0 Å². The lowest BCUT2D eigenvalue weighted by Crippen LogP contribution is -2.03. The lowest BCUT2D eigenvalue weighted by Gasteiger charge is -2.07. The first kappa shape index (κ1) is 13.6. The van der Waals surface area contributed by atoms with Gasteiger partial charge in [-0.2, -0.15) is 0 Å². The van der Waals surface area contributed by atoms with E-state index in [1.807, 2.05) is 24.6 Å². The van der Waals surface area contributed by atoms with Crippen molar-refractivity contribution in [1.29, 1.82) is 0 Å². The Morgan fingerprint density at radius 2 is 2.11 bits per heavy atom. The summed E-state index contributed by atoms with van der Waals surface area (Å²) in [6.45, 7) is 5.38. The zero-order valence-electron chi connectivity index (χ0n) is 11.4. The summed E-state index contributed by atoms with van der Waals surface area (Å²) < 4.78 is 2.00. The Morgan fingerprint density at radius 3 is 2.63 bits per heavy atom. The molecule has 0 bridgehead atoms. The van der Waals surface area contributed by atoms with Crippen LogP contribution in [0, 0.1) is 0 Å². The molecule has 0 unspecified atom stereocenters. The van der Waals surface area contributed by atoms with E-state index in [1.54, 1.807) is 6.07 Å². The molecule has 3 N–H and O–H groups in total. The average Bonchev–Trinajstić information content (AvgIpc) is 2.76. The number of rotatable bonds is 5. The van der Waals surface area contributed by atoms with Gasteiger partial charge in [-0.15, -0.1) is 0 Å². The fraction of sp³-hybridized carbons (Fsp3) is 0.400. The number of nitrogens with zero attached hydrogens (tertiary/aromatic N) is 1. The number of nitrogens with two attached hydrogens (primary N) is 1. The van der Waals surface area contributed by atoms with E-state index in [1.165, 1.54) is 0 Å². The number of carbonyl (C=O) groups is 1. The third-order valence-electron chi connectivity index (χ3n) is 3.51. The predicted molar refractivity (Wildman–Crippen MR) is 76.7 cm³/mol. The monoisotopic (exact) mass is 260 g/mol.